The van der Waals surface area contributed by atoms with Crippen molar-refractivity contribution < 1.29 is 9.47 Å². The molecule has 0 spiro atoms. The maximum absolute atomic E-state index is 5.88. The zero-order chi connectivity index (χ0) is 15.5. The van der Waals surface area contributed by atoms with Crippen molar-refractivity contribution in [3.8, 4) is 5.75 Å². The van der Waals surface area contributed by atoms with Gasteiger partial charge in [-0.05, 0) is 44.4 Å². The second-order valence-electron chi connectivity index (χ2n) is 6.25. The van der Waals surface area contributed by atoms with Gasteiger partial charge in [-0.15, -0.1) is 0 Å². The largest absolute Gasteiger partial charge is 0.497 e. The van der Waals surface area contributed by atoms with Gasteiger partial charge in [-0.3, -0.25) is 0 Å². The van der Waals surface area contributed by atoms with Crippen molar-refractivity contribution >= 4 is 0 Å². The molecule has 0 radical (unpaired) electrons. The van der Waals surface area contributed by atoms with E-state index in [1.807, 2.05) is 12.1 Å². The van der Waals surface area contributed by atoms with Crippen molar-refractivity contribution in [2.45, 2.75) is 58.7 Å². The molecule has 118 valence electrons. The van der Waals surface area contributed by atoms with Gasteiger partial charge in [0.2, 0.25) is 0 Å². The van der Waals surface area contributed by atoms with Crippen LogP contribution in [0.2, 0.25) is 0 Å². The number of rotatable bonds is 7. The molecule has 1 aromatic carbocycles. The highest BCUT2D eigenvalue weighted by Crippen LogP contribution is 2.46. The molecule has 1 aliphatic carbocycles. The van der Waals surface area contributed by atoms with Crippen molar-refractivity contribution in [3.63, 3.8) is 0 Å². The molecule has 21 heavy (non-hydrogen) atoms. The van der Waals surface area contributed by atoms with E-state index in [0.717, 1.165) is 25.2 Å². The second kappa shape index (κ2) is 6.80. The average molecular weight is 291 g/mol. The summed E-state index contributed by atoms with van der Waals surface area (Å²) in [7, 11) is 1.70. The molecule has 0 bridgehead atoms. The van der Waals surface area contributed by atoms with Crippen LogP contribution in [-0.4, -0.2) is 25.9 Å². The topological polar surface area (TPSA) is 30.5 Å². The Morgan fingerprint density at radius 3 is 2.48 bits per heavy atom. The molecule has 0 aromatic heterocycles. The van der Waals surface area contributed by atoms with Gasteiger partial charge in [-0.1, -0.05) is 26.0 Å². The first-order valence-electron chi connectivity index (χ1n) is 8.06. The van der Waals surface area contributed by atoms with Crippen LogP contribution >= 0.6 is 0 Å². The van der Waals surface area contributed by atoms with Gasteiger partial charge < -0.3 is 14.8 Å². The highest BCUT2D eigenvalue weighted by atomic mass is 16.5. The number of nitrogens with one attached hydrogen (secondary N) is 1. The first-order valence-corrected chi connectivity index (χ1v) is 8.06. The maximum atomic E-state index is 5.88. The van der Waals surface area contributed by atoms with Gasteiger partial charge in [-0.2, -0.15) is 0 Å². The van der Waals surface area contributed by atoms with E-state index in [1.165, 1.54) is 5.56 Å². The van der Waals surface area contributed by atoms with E-state index in [2.05, 4.69) is 45.1 Å². The fraction of sp³-hybridized carbons (Fsp3) is 0.667. The molecule has 2 rings (SSSR count). The van der Waals surface area contributed by atoms with E-state index in [0.29, 0.717) is 18.2 Å². The maximum Gasteiger partial charge on any atom is 0.118 e. The van der Waals surface area contributed by atoms with Crippen LogP contribution in [0.15, 0.2) is 24.3 Å². The summed E-state index contributed by atoms with van der Waals surface area (Å²) in [6.07, 6.45) is 2.65. The number of hydrogen-bond donors (Lipinski definition) is 1. The summed E-state index contributed by atoms with van der Waals surface area (Å²) in [5.74, 6) is 0.907. The van der Waals surface area contributed by atoms with Crippen molar-refractivity contribution in [1.29, 1.82) is 0 Å². The average Bonchev–Trinajstić information content (AvgIpc) is 2.52. The predicted molar refractivity (Wildman–Crippen MR) is 86.8 cm³/mol. The lowest BCUT2D eigenvalue weighted by molar-refractivity contribution is -0.127. The monoisotopic (exact) mass is 291 g/mol. The standard InChI is InChI=1S/C18H29NO2/c1-6-18(4)16(12-17(18)21-7-2)19-13(3)14-8-10-15(20-5)11-9-14/h8-11,13,16-17,19H,6-7,12H2,1-5H3/t13-,16?,17?,18?/m1/s1. The summed E-state index contributed by atoms with van der Waals surface area (Å²) in [5, 5.41) is 3.78. The molecule has 4 atom stereocenters. The van der Waals surface area contributed by atoms with Gasteiger partial charge in [0, 0.05) is 24.1 Å². The van der Waals surface area contributed by atoms with E-state index in [-0.39, 0.29) is 5.41 Å². The van der Waals surface area contributed by atoms with Crippen molar-refractivity contribution in [3.05, 3.63) is 29.8 Å². The fourth-order valence-electron chi connectivity index (χ4n) is 3.30. The van der Waals surface area contributed by atoms with Crippen LogP contribution in [0.4, 0.5) is 0 Å². The first-order chi connectivity index (χ1) is 10.0. The number of ether oxygens (including phenoxy) is 2. The lowest BCUT2D eigenvalue weighted by Crippen LogP contribution is -2.62. The minimum atomic E-state index is 0.247. The zero-order valence-electron chi connectivity index (χ0n) is 14.0. The highest BCUT2D eigenvalue weighted by Gasteiger charge is 2.51. The summed E-state index contributed by atoms with van der Waals surface area (Å²) in [6, 6.07) is 9.19. The second-order valence-corrected chi connectivity index (χ2v) is 6.25. The van der Waals surface area contributed by atoms with Crippen LogP contribution in [0.5, 0.6) is 5.75 Å². The Labute approximate surface area is 129 Å². The van der Waals surface area contributed by atoms with Crippen LogP contribution < -0.4 is 10.1 Å². The Morgan fingerprint density at radius 1 is 1.29 bits per heavy atom. The van der Waals surface area contributed by atoms with Gasteiger partial charge >= 0.3 is 0 Å². The van der Waals surface area contributed by atoms with E-state index in [9.17, 15) is 0 Å². The number of methoxy groups -OCH3 is 1. The molecule has 1 aliphatic rings. The molecule has 1 N–H and O–H groups in total. The van der Waals surface area contributed by atoms with Crippen molar-refractivity contribution in [1.82, 2.24) is 5.32 Å². The third kappa shape index (κ3) is 3.24. The third-order valence-electron chi connectivity index (χ3n) is 5.18. The van der Waals surface area contributed by atoms with E-state index < -0.39 is 0 Å². The Bertz CT molecular complexity index is 445. The summed E-state index contributed by atoms with van der Waals surface area (Å²) in [5.41, 5.74) is 1.55. The molecule has 3 heteroatoms. The molecule has 3 unspecified atom stereocenters. The highest BCUT2D eigenvalue weighted by molar-refractivity contribution is 5.29. The molecule has 0 heterocycles. The van der Waals surface area contributed by atoms with Crippen LogP contribution in [0.25, 0.3) is 0 Å². The van der Waals surface area contributed by atoms with Gasteiger partial charge in [0.05, 0.1) is 13.2 Å². The Morgan fingerprint density at radius 2 is 1.95 bits per heavy atom. The molecule has 3 nitrogen and oxygen atoms in total. The molecule has 1 saturated carbocycles. The molecule has 0 saturated heterocycles. The SMILES string of the molecule is CCOC1CC(N[C@H](C)c2ccc(OC)cc2)C1(C)CC. The fourth-order valence-corrected chi connectivity index (χ4v) is 3.30. The summed E-state index contributed by atoms with van der Waals surface area (Å²) < 4.78 is 11.1. The quantitative estimate of drug-likeness (QED) is 0.825. The predicted octanol–water partition coefficient (Wildman–Crippen LogP) is 3.94. The Balaban J connectivity index is 1.97. The molecule has 1 aromatic rings. The Hall–Kier alpha value is -1.06. The van der Waals surface area contributed by atoms with E-state index in [4.69, 9.17) is 9.47 Å². The van der Waals surface area contributed by atoms with E-state index >= 15 is 0 Å². The van der Waals surface area contributed by atoms with Crippen LogP contribution in [-0.2, 0) is 4.74 Å². The van der Waals surface area contributed by atoms with Crippen molar-refractivity contribution in [2.75, 3.05) is 13.7 Å². The molecule has 1 fully saturated rings. The lowest BCUT2D eigenvalue weighted by Gasteiger charge is -2.54. The van der Waals surface area contributed by atoms with Gasteiger partial charge in [-0.25, -0.2) is 0 Å². The molecular weight excluding hydrogens is 262 g/mol. The number of benzene rings is 1. The Kier molecular flexibility index (Phi) is 5.28. The minimum absolute atomic E-state index is 0.247. The smallest absolute Gasteiger partial charge is 0.118 e. The summed E-state index contributed by atoms with van der Waals surface area (Å²) >= 11 is 0. The molecule has 0 aliphatic heterocycles. The number of hydrogen-bond acceptors (Lipinski definition) is 3. The third-order valence-corrected chi connectivity index (χ3v) is 5.18. The minimum Gasteiger partial charge on any atom is -0.497 e. The van der Waals surface area contributed by atoms with Gasteiger partial charge in [0.15, 0.2) is 0 Å². The van der Waals surface area contributed by atoms with Gasteiger partial charge in [0.25, 0.3) is 0 Å². The normalized spacial score (nSPS) is 29.8. The first kappa shape index (κ1) is 16.3. The molecular formula is C18H29NO2. The van der Waals surface area contributed by atoms with E-state index in [1.54, 1.807) is 7.11 Å². The lowest BCUT2D eigenvalue weighted by atomic mass is 9.61. The molecule has 0 amide bonds. The summed E-state index contributed by atoms with van der Waals surface area (Å²) in [6.45, 7) is 9.72. The van der Waals surface area contributed by atoms with Crippen LogP contribution in [0.3, 0.4) is 0 Å². The summed E-state index contributed by atoms with van der Waals surface area (Å²) in [4.78, 5) is 0. The van der Waals surface area contributed by atoms with Crippen LogP contribution in [0, 0.1) is 5.41 Å². The zero-order valence-corrected chi connectivity index (χ0v) is 14.0. The van der Waals surface area contributed by atoms with Crippen molar-refractivity contribution in [2.24, 2.45) is 5.41 Å². The van der Waals surface area contributed by atoms with Crippen LogP contribution in [0.1, 0.15) is 52.1 Å². The van der Waals surface area contributed by atoms with Gasteiger partial charge in [0.1, 0.15) is 5.75 Å².